The maximum Gasteiger partial charge on any atom is 0.339 e. The largest absolute Gasteiger partial charge is 0.457 e. The molecular weight excluding hydrogens is 348 g/mol. The number of hydrogen-bond donors (Lipinski definition) is 0. The Labute approximate surface area is 154 Å². The van der Waals surface area contributed by atoms with Gasteiger partial charge in [0.05, 0.1) is 27.0 Å². The van der Waals surface area contributed by atoms with Gasteiger partial charge in [0.15, 0.2) is 0 Å². The number of aromatic nitrogens is 2. The molecule has 5 nitrogen and oxygen atoms in total. The summed E-state index contributed by atoms with van der Waals surface area (Å²) in [6, 6.07) is 15.3. The summed E-state index contributed by atoms with van der Waals surface area (Å²) in [6.45, 7) is 3.77. The van der Waals surface area contributed by atoms with Gasteiger partial charge in [-0.3, -0.25) is 0 Å². The Morgan fingerprint density at radius 1 is 1.12 bits per heavy atom. The molecule has 4 rings (SSSR count). The molecule has 130 valence electrons. The third kappa shape index (κ3) is 2.99. The number of esters is 1. The summed E-state index contributed by atoms with van der Waals surface area (Å²) in [5.41, 5.74) is 3.73. The van der Waals surface area contributed by atoms with Crippen molar-refractivity contribution in [3.63, 3.8) is 0 Å². The highest BCUT2D eigenvalue weighted by Gasteiger charge is 2.18. The van der Waals surface area contributed by atoms with E-state index in [-0.39, 0.29) is 12.6 Å². The highest BCUT2D eigenvalue weighted by Crippen LogP contribution is 2.32. The van der Waals surface area contributed by atoms with E-state index < -0.39 is 0 Å². The molecule has 2 heterocycles. The lowest BCUT2D eigenvalue weighted by atomic mass is 10.1. The zero-order chi connectivity index (χ0) is 18.1. The molecule has 0 aliphatic rings. The van der Waals surface area contributed by atoms with Gasteiger partial charge in [-0.2, -0.15) is 0 Å². The minimum atomic E-state index is -0.389. The maximum absolute atomic E-state index is 12.7. The fourth-order valence-electron chi connectivity index (χ4n) is 2.76. The second-order valence-electron chi connectivity index (χ2n) is 5.91. The lowest BCUT2D eigenvalue weighted by Crippen LogP contribution is -2.07. The average molecular weight is 364 g/mol. The van der Waals surface area contributed by atoms with Crippen molar-refractivity contribution in [1.82, 2.24) is 10.1 Å². The summed E-state index contributed by atoms with van der Waals surface area (Å²) in [5.74, 6) is 0.273. The van der Waals surface area contributed by atoms with Crippen molar-refractivity contribution >= 4 is 27.5 Å². The highest BCUT2D eigenvalue weighted by molar-refractivity contribution is 7.21. The predicted octanol–water partition coefficient (Wildman–Crippen LogP) is 4.93. The van der Waals surface area contributed by atoms with Gasteiger partial charge in [0.1, 0.15) is 17.4 Å². The number of nitrogens with zero attached hydrogens (tertiary/aromatic N) is 2. The second kappa shape index (κ2) is 6.72. The molecule has 0 bridgehead atoms. The first-order chi connectivity index (χ1) is 12.6. The summed E-state index contributed by atoms with van der Waals surface area (Å²) >= 11 is 1.56. The minimum Gasteiger partial charge on any atom is -0.457 e. The van der Waals surface area contributed by atoms with Gasteiger partial charge >= 0.3 is 5.97 Å². The molecule has 0 aliphatic heterocycles. The van der Waals surface area contributed by atoms with Crippen LogP contribution in [0.5, 0.6) is 0 Å². The van der Waals surface area contributed by atoms with Crippen LogP contribution in [-0.2, 0) is 11.3 Å². The van der Waals surface area contributed by atoms with E-state index in [2.05, 4.69) is 10.1 Å². The smallest absolute Gasteiger partial charge is 0.339 e. The number of hydrogen-bond acceptors (Lipinski definition) is 6. The minimum absolute atomic E-state index is 0.133. The Kier molecular flexibility index (Phi) is 4.26. The zero-order valence-corrected chi connectivity index (χ0v) is 15.2. The van der Waals surface area contributed by atoms with E-state index in [1.54, 1.807) is 24.3 Å². The molecule has 0 radical (unpaired) electrons. The van der Waals surface area contributed by atoms with Gasteiger partial charge in [-0.15, -0.1) is 11.3 Å². The zero-order valence-electron chi connectivity index (χ0n) is 14.4. The monoisotopic (exact) mass is 364 g/mol. The molecule has 0 atom stereocenters. The van der Waals surface area contributed by atoms with Crippen molar-refractivity contribution in [2.45, 2.75) is 20.5 Å². The third-order valence-corrected chi connectivity index (χ3v) is 5.27. The number of carbonyl (C=O) groups is 1. The normalized spacial score (nSPS) is 11.0. The van der Waals surface area contributed by atoms with Gasteiger partial charge in [0.25, 0.3) is 0 Å². The number of ether oxygens (including phenoxy) is 1. The van der Waals surface area contributed by atoms with E-state index in [4.69, 9.17) is 9.26 Å². The summed E-state index contributed by atoms with van der Waals surface area (Å²) in [4.78, 5) is 17.3. The van der Waals surface area contributed by atoms with Crippen molar-refractivity contribution in [3.8, 4) is 10.6 Å². The quantitative estimate of drug-likeness (QED) is 0.481. The maximum atomic E-state index is 12.7. The average Bonchev–Trinajstić information content (AvgIpc) is 3.23. The number of aryl methyl sites for hydroxylation is 2. The van der Waals surface area contributed by atoms with Crippen molar-refractivity contribution in [2.24, 2.45) is 0 Å². The SMILES string of the molecule is Cc1noc(C)c1COC(=O)c1ccccc1-c1nc2ccccc2s1. The van der Waals surface area contributed by atoms with E-state index in [0.29, 0.717) is 11.3 Å². The highest BCUT2D eigenvalue weighted by atomic mass is 32.1. The fourth-order valence-corrected chi connectivity index (χ4v) is 3.76. The molecule has 26 heavy (non-hydrogen) atoms. The molecule has 0 saturated heterocycles. The molecule has 0 fully saturated rings. The first kappa shape index (κ1) is 16.5. The Bertz CT molecular complexity index is 1040. The van der Waals surface area contributed by atoms with Crippen LogP contribution in [0.15, 0.2) is 53.1 Å². The van der Waals surface area contributed by atoms with Crippen LogP contribution in [0.4, 0.5) is 0 Å². The van der Waals surface area contributed by atoms with E-state index in [9.17, 15) is 4.79 Å². The number of carbonyl (C=O) groups excluding carboxylic acids is 1. The van der Waals surface area contributed by atoms with Crippen molar-refractivity contribution in [2.75, 3.05) is 0 Å². The molecule has 6 heteroatoms. The standard InChI is InChI=1S/C20H16N2O3S/c1-12-16(13(2)25-22-12)11-24-20(23)15-8-4-3-7-14(15)19-21-17-9-5-6-10-18(17)26-19/h3-10H,11H2,1-2H3. The molecule has 2 aromatic heterocycles. The third-order valence-electron chi connectivity index (χ3n) is 4.20. The van der Waals surface area contributed by atoms with Gasteiger partial charge in [-0.05, 0) is 32.0 Å². The number of fused-ring (bicyclic) bond motifs is 1. The van der Waals surface area contributed by atoms with E-state index in [1.807, 2.05) is 49.4 Å². The summed E-state index contributed by atoms with van der Waals surface area (Å²) in [7, 11) is 0. The molecule has 0 N–H and O–H groups in total. The molecule has 0 saturated carbocycles. The van der Waals surface area contributed by atoms with E-state index >= 15 is 0 Å². The van der Waals surface area contributed by atoms with Crippen LogP contribution in [0.1, 0.15) is 27.4 Å². The van der Waals surface area contributed by atoms with E-state index in [0.717, 1.165) is 32.0 Å². The van der Waals surface area contributed by atoms with Crippen LogP contribution in [0.3, 0.4) is 0 Å². The van der Waals surface area contributed by atoms with Gasteiger partial charge in [0, 0.05) is 5.56 Å². The van der Waals surface area contributed by atoms with E-state index in [1.165, 1.54) is 0 Å². The van der Waals surface area contributed by atoms with Crippen LogP contribution >= 0.6 is 11.3 Å². The summed E-state index contributed by atoms with van der Waals surface area (Å²) in [5, 5.41) is 4.68. The fraction of sp³-hybridized carbons (Fsp3) is 0.150. The second-order valence-corrected chi connectivity index (χ2v) is 6.94. The topological polar surface area (TPSA) is 65.2 Å². The molecular formula is C20H16N2O3S. The lowest BCUT2D eigenvalue weighted by Gasteiger charge is -2.08. The van der Waals surface area contributed by atoms with Crippen molar-refractivity contribution < 1.29 is 14.1 Å². The van der Waals surface area contributed by atoms with Crippen LogP contribution < -0.4 is 0 Å². The molecule has 2 aromatic carbocycles. The van der Waals surface area contributed by atoms with Gasteiger partial charge < -0.3 is 9.26 Å². The van der Waals surface area contributed by atoms with Gasteiger partial charge in [0.2, 0.25) is 0 Å². The van der Waals surface area contributed by atoms with Crippen LogP contribution in [0, 0.1) is 13.8 Å². The predicted molar refractivity (Wildman–Crippen MR) is 100 cm³/mol. The molecule has 0 unspecified atom stereocenters. The Morgan fingerprint density at radius 2 is 1.88 bits per heavy atom. The number of thiazole rings is 1. The van der Waals surface area contributed by atoms with Crippen molar-refractivity contribution in [3.05, 3.63) is 71.1 Å². The Hall–Kier alpha value is -2.99. The summed E-state index contributed by atoms with van der Waals surface area (Å²) < 4.78 is 11.7. The number of benzene rings is 2. The number of para-hydroxylation sites is 1. The molecule has 4 aromatic rings. The van der Waals surface area contributed by atoms with Crippen molar-refractivity contribution in [1.29, 1.82) is 0 Å². The first-order valence-corrected chi connectivity index (χ1v) is 8.99. The lowest BCUT2D eigenvalue weighted by molar-refractivity contribution is 0.0472. The Balaban J connectivity index is 1.64. The van der Waals surface area contributed by atoms with Gasteiger partial charge in [-0.25, -0.2) is 9.78 Å². The molecule has 0 amide bonds. The molecule has 0 spiro atoms. The number of rotatable bonds is 4. The Morgan fingerprint density at radius 3 is 2.65 bits per heavy atom. The summed E-state index contributed by atoms with van der Waals surface area (Å²) in [6.07, 6.45) is 0. The molecule has 0 aliphatic carbocycles. The van der Waals surface area contributed by atoms with Gasteiger partial charge in [-0.1, -0.05) is 35.5 Å². The van der Waals surface area contributed by atoms with Crippen LogP contribution in [0.25, 0.3) is 20.8 Å². The van der Waals surface area contributed by atoms with Crippen LogP contribution in [-0.4, -0.2) is 16.1 Å². The first-order valence-electron chi connectivity index (χ1n) is 8.17. The van der Waals surface area contributed by atoms with Crippen LogP contribution in [0.2, 0.25) is 0 Å².